The fraction of sp³-hybridized carbons (Fsp3) is 0.500. The highest BCUT2D eigenvalue weighted by Gasteiger charge is 2.16. The van der Waals surface area contributed by atoms with Crippen molar-refractivity contribution >= 4 is 5.69 Å². The summed E-state index contributed by atoms with van der Waals surface area (Å²) in [6.45, 7) is 5.71. The van der Waals surface area contributed by atoms with Crippen LogP contribution in [0.25, 0.3) is 0 Å². The van der Waals surface area contributed by atoms with Crippen LogP contribution in [-0.2, 0) is 0 Å². The van der Waals surface area contributed by atoms with Crippen LogP contribution in [0.4, 0.5) is 5.69 Å². The maximum Gasteiger partial charge on any atom is 0.106 e. The van der Waals surface area contributed by atoms with E-state index in [9.17, 15) is 0 Å². The molecule has 1 aromatic rings. The van der Waals surface area contributed by atoms with Gasteiger partial charge in [-0.2, -0.15) is 10.5 Å². The molecule has 0 aliphatic rings. The molecule has 0 bridgehead atoms. The maximum atomic E-state index is 8.94. The Morgan fingerprint density at radius 2 is 1.80 bits per heavy atom. The molecule has 0 aliphatic heterocycles. The summed E-state index contributed by atoms with van der Waals surface area (Å²) in [5.41, 5.74) is 2.14. The Bertz CT molecular complexity index is 468. The first kappa shape index (κ1) is 16.0. The van der Waals surface area contributed by atoms with Gasteiger partial charge in [-0.1, -0.05) is 32.0 Å². The highest BCUT2D eigenvalue weighted by atomic mass is 15.1. The summed E-state index contributed by atoms with van der Waals surface area (Å²) < 4.78 is 0. The van der Waals surface area contributed by atoms with E-state index in [0.717, 1.165) is 30.6 Å². The lowest BCUT2D eigenvalue weighted by Gasteiger charge is -2.26. The van der Waals surface area contributed by atoms with E-state index in [-0.39, 0.29) is 19.1 Å². The Hall–Kier alpha value is -2.04. The molecule has 4 nitrogen and oxygen atoms in total. The fourth-order valence-electron chi connectivity index (χ4n) is 2.26. The minimum absolute atomic E-state index is 0.231. The van der Waals surface area contributed by atoms with Crippen LogP contribution in [0.1, 0.15) is 38.3 Å². The van der Waals surface area contributed by atoms with Crippen molar-refractivity contribution in [3.63, 3.8) is 0 Å². The van der Waals surface area contributed by atoms with Crippen molar-refractivity contribution in [2.45, 2.75) is 32.7 Å². The van der Waals surface area contributed by atoms with E-state index in [4.69, 9.17) is 10.5 Å². The van der Waals surface area contributed by atoms with Crippen LogP contribution in [0.15, 0.2) is 24.3 Å². The number of anilines is 1. The van der Waals surface area contributed by atoms with E-state index in [2.05, 4.69) is 37.4 Å². The minimum Gasteiger partial charge on any atom is -0.345 e. The summed E-state index contributed by atoms with van der Waals surface area (Å²) in [6.07, 6.45) is 2.06. The van der Waals surface area contributed by atoms with Gasteiger partial charge in [0.2, 0.25) is 0 Å². The van der Waals surface area contributed by atoms with Crippen LogP contribution in [0, 0.1) is 22.7 Å². The second-order valence-electron chi connectivity index (χ2n) is 4.65. The highest BCUT2D eigenvalue weighted by Crippen LogP contribution is 2.28. The first-order valence-electron chi connectivity index (χ1n) is 7.09. The summed E-state index contributed by atoms with van der Waals surface area (Å²) >= 11 is 0. The molecule has 106 valence electrons. The summed E-state index contributed by atoms with van der Waals surface area (Å²) in [5, 5.41) is 21.4. The maximum absolute atomic E-state index is 8.94. The van der Waals surface area contributed by atoms with Gasteiger partial charge in [0.1, 0.15) is 13.1 Å². The van der Waals surface area contributed by atoms with Gasteiger partial charge in [0.15, 0.2) is 0 Å². The van der Waals surface area contributed by atoms with E-state index in [1.165, 1.54) is 0 Å². The largest absolute Gasteiger partial charge is 0.345 e. The fourth-order valence-corrected chi connectivity index (χ4v) is 2.26. The quantitative estimate of drug-likeness (QED) is 0.738. The van der Waals surface area contributed by atoms with E-state index < -0.39 is 0 Å². The zero-order valence-electron chi connectivity index (χ0n) is 12.3. The third-order valence-electron chi connectivity index (χ3n) is 3.22. The Kier molecular flexibility index (Phi) is 7.17. The Labute approximate surface area is 121 Å². The van der Waals surface area contributed by atoms with Gasteiger partial charge in [-0.25, -0.2) is 0 Å². The molecule has 0 heterocycles. The minimum atomic E-state index is 0.231. The first-order chi connectivity index (χ1) is 9.78. The number of nitrogens with one attached hydrogen (secondary N) is 1. The molecule has 0 aliphatic carbocycles. The number of benzene rings is 1. The van der Waals surface area contributed by atoms with Crippen LogP contribution >= 0.6 is 0 Å². The highest BCUT2D eigenvalue weighted by molar-refractivity contribution is 5.56. The number of para-hydroxylation sites is 1. The van der Waals surface area contributed by atoms with Gasteiger partial charge >= 0.3 is 0 Å². The van der Waals surface area contributed by atoms with Gasteiger partial charge in [-0.3, -0.25) is 0 Å². The molecule has 0 saturated heterocycles. The van der Waals surface area contributed by atoms with Gasteiger partial charge in [-0.05, 0) is 31.0 Å². The number of nitriles is 2. The number of hydrogen-bond acceptors (Lipinski definition) is 4. The lowest BCUT2D eigenvalue weighted by molar-refractivity contribution is 0.518. The summed E-state index contributed by atoms with van der Waals surface area (Å²) in [4.78, 5) is 1.83. The third-order valence-corrected chi connectivity index (χ3v) is 3.22. The van der Waals surface area contributed by atoms with Crippen LogP contribution in [0.5, 0.6) is 0 Å². The summed E-state index contributed by atoms with van der Waals surface area (Å²) in [5.74, 6) is 0. The second-order valence-corrected chi connectivity index (χ2v) is 4.65. The molecule has 1 atom stereocenters. The molecular weight excluding hydrogens is 248 g/mol. The van der Waals surface area contributed by atoms with Crippen molar-refractivity contribution in [1.29, 1.82) is 10.5 Å². The molecule has 0 saturated carbocycles. The molecule has 1 unspecified atom stereocenters. The average Bonchev–Trinajstić information content (AvgIpc) is 2.48. The molecule has 20 heavy (non-hydrogen) atoms. The Balaban J connectivity index is 3.07. The van der Waals surface area contributed by atoms with Crippen molar-refractivity contribution in [3.8, 4) is 12.1 Å². The van der Waals surface area contributed by atoms with Gasteiger partial charge < -0.3 is 10.2 Å². The van der Waals surface area contributed by atoms with Crippen LogP contribution in [-0.4, -0.2) is 19.6 Å². The predicted molar refractivity (Wildman–Crippen MR) is 81.2 cm³/mol. The zero-order chi connectivity index (χ0) is 14.8. The Morgan fingerprint density at radius 3 is 2.35 bits per heavy atom. The zero-order valence-corrected chi connectivity index (χ0v) is 12.3. The molecule has 0 radical (unpaired) electrons. The standard InChI is InChI=1S/C16H22N4/c1-3-11-19-15(4-2)14-7-5-6-8-16(14)20(12-9-17)13-10-18/h5-8,15,19H,3-4,11-13H2,1-2H3. The predicted octanol–water partition coefficient (Wildman–Crippen LogP) is 2.99. The smallest absolute Gasteiger partial charge is 0.106 e. The number of rotatable bonds is 8. The summed E-state index contributed by atoms with van der Waals surface area (Å²) in [6, 6.07) is 12.5. The average molecular weight is 270 g/mol. The second kappa shape index (κ2) is 8.96. The molecule has 1 aromatic carbocycles. The van der Waals surface area contributed by atoms with Crippen LogP contribution < -0.4 is 10.2 Å². The van der Waals surface area contributed by atoms with E-state index in [1.807, 2.05) is 23.1 Å². The van der Waals surface area contributed by atoms with Crippen molar-refractivity contribution in [1.82, 2.24) is 5.32 Å². The normalized spacial score (nSPS) is 11.4. The topological polar surface area (TPSA) is 62.9 Å². The molecule has 0 aromatic heterocycles. The SMILES string of the molecule is CCCNC(CC)c1ccccc1N(CC#N)CC#N. The van der Waals surface area contributed by atoms with Crippen molar-refractivity contribution in [2.75, 3.05) is 24.5 Å². The van der Waals surface area contributed by atoms with Gasteiger partial charge in [0, 0.05) is 11.7 Å². The first-order valence-corrected chi connectivity index (χ1v) is 7.09. The lowest BCUT2D eigenvalue weighted by Crippen LogP contribution is -2.28. The molecule has 1 rings (SSSR count). The van der Waals surface area contributed by atoms with Crippen LogP contribution in [0.2, 0.25) is 0 Å². The number of nitrogens with zero attached hydrogens (tertiary/aromatic N) is 3. The monoisotopic (exact) mass is 270 g/mol. The van der Waals surface area contributed by atoms with Crippen molar-refractivity contribution < 1.29 is 0 Å². The van der Waals surface area contributed by atoms with E-state index in [0.29, 0.717) is 0 Å². The van der Waals surface area contributed by atoms with Gasteiger partial charge in [0.25, 0.3) is 0 Å². The molecule has 0 fully saturated rings. The van der Waals surface area contributed by atoms with Crippen molar-refractivity contribution in [3.05, 3.63) is 29.8 Å². The van der Waals surface area contributed by atoms with Gasteiger partial charge in [-0.15, -0.1) is 0 Å². The molecule has 4 heteroatoms. The number of hydrogen-bond donors (Lipinski definition) is 1. The molecule has 0 spiro atoms. The molecule has 0 amide bonds. The Morgan fingerprint density at radius 1 is 1.15 bits per heavy atom. The van der Waals surface area contributed by atoms with Crippen molar-refractivity contribution in [2.24, 2.45) is 0 Å². The summed E-state index contributed by atoms with van der Waals surface area (Å²) in [7, 11) is 0. The van der Waals surface area contributed by atoms with E-state index >= 15 is 0 Å². The van der Waals surface area contributed by atoms with E-state index in [1.54, 1.807) is 0 Å². The molecular formula is C16H22N4. The van der Waals surface area contributed by atoms with Gasteiger partial charge in [0.05, 0.1) is 12.1 Å². The third kappa shape index (κ3) is 4.26. The molecule has 1 N–H and O–H groups in total. The van der Waals surface area contributed by atoms with Crippen LogP contribution in [0.3, 0.4) is 0 Å². The lowest BCUT2D eigenvalue weighted by atomic mass is 10.0.